The van der Waals surface area contributed by atoms with Crippen LogP contribution in [-0.4, -0.2) is 8.42 Å². The lowest BCUT2D eigenvalue weighted by molar-refractivity contribution is 0.580. The van der Waals surface area contributed by atoms with Gasteiger partial charge >= 0.3 is 0 Å². The molecule has 0 fully saturated rings. The first-order chi connectivity index (χ1) is 9.79. The SMILES string of the molecule is Cc1cc(S(=O)(=O)NCc2cccc(Br)c2)cc(N)c1F. The number of sulfonamides is 1. The molecule has 0 atom stereocenters. The number of halogens is 2. The Kier molecular flexibility index (Phi) is 4.65. The zero-order valence-corrected chi connectivity index (χ0v) is 13.6. The number of rotatable bonds is 4. The lowest BCUT2D eigenvalue weighted by atomic mass is 10.2. The summed E-state index contributed by atoms with van der Waals surface area (Å²) >= 11 is 3.32. The van der Waals surface area contributed by atoms with Gasteiger partial charge in [0.2, 0.25) is 10.0 Å². The first-order valence-corrected chi connectivity index (χ1v) is 8.37. The largest absolute Gasteiger partial charge is 0.396 e. The molecule has 21 heavy (non-hydrogen) atoms. The Balaban J connectivity index is 2.23. The van der Waals surface area contributed by atoms with Crippen molar-refractivity contribution >= 4 is 31.6 Å². The van der Waals surface area contributed by atoms with E-state index in [0.717, 1.165) is 16.1 Å². The number of hydrogen-bond donors (Lipinski definition) is 2. The van der Waals surface area contributed by atoms with E-state index in [4.69, 9.17) is 5.73 Å². The number of benzene rings is 2. The number of nitrogen functional groups attached to an aromatic ring is 1. The summed E-state index contributed by atoms with van der Waals surface area (Å²) in [6, 6.07) is 9.65. The molecule has 2 aromatic carbocycles. The van der Waals surface area contributed by atoms with Crippen LogP contribution in [0.5, 0.6) is 0 Å². The predicted molar refractivity (Wildman–Crippen MR) is 83.7 cm³/mol. The van der Waals surface area contributed by atoms with Crippen molar-refractivity contribution in [2.75, 3.05) is 5.73 Å². The van der Waals surface area contributed by atoms with Crippen molar-refractivity contribution < 1.29 is 12.8 Å². The molecule has 2 aromatic rings. The lowest BCUT2D eigenvalue weighted by Gasteiger charge is -2.09. The van der Waals surface area contributed by atoms with Crippen LogP contribution in [0.2, 0.25) is 0 Å². The monoisotopic (exact) mass is 372 g/mol. The van der Waals surface area contributed by atoms with E-state index in [9.17, 15) is 12.8 Å². The zero-order chi connectivity index (χ0) is 15.6. The van der Waals surface area contributed by atoms with Gasteiger partial charge in [-0.2, -0.15) is 0 Å². The van der Waals surface area contributed by atoms with Crippen molar-refractivity contribution in [3.05, 3.63) is 57.8 Å². The first kappa shape index (κ1) is 15.9. The van der Waals surface area contributed by atoms with Gasteiger partial charge in [0.05, 0.1) is 10.6 Å². The third-order valence-electron chi connectivity index (χ3n) is 2.92. The van der Waals surface area contributed by atoms with Crippen LogP contribution in [0.1, 0.15) is 11.1 Å². The Hall–Kier alpha value is -1.44. The summed E-state index contributed by atoms with van der Waals surface area (Å²) in [5, 5.41) is 0. The maximum absolute atomic E-state index is 13.4. The van der Waals surface area contributed by atoms with Gasteiger partial charge in [0.15, 0.2) is 0 Å². The van der Waals surface area contributed by atoms with Crippen molar-refractivity contribution in [2.45, 2.75) is 18.4 Å². The van der Waals surface area contributed by atoms with Gasteiger partial charge in [-0.1, -0.05) is 28.1 Å². The standard InChI is InChI=1S/C14H14BrFN2O2S/c1-9-5-12(7-13(17)14(9)16)21(19,20)18-8-10-3-2-4-11(15)6-10/h2-7,18H,8,17H2,1H3. The van der Waals surface area contributed by atoms with E-state index in [1.807, 2.05) is 18.2 Å². The van der Waals surface area contributed by atoms with E-state index in [1.54, 1.807) is 6.07 Å². The Morgan fingerprint density at radius 2 is 2.00 bits per heavy atom. The Morgan fingerprint density at radius 3 is 2.62 bits per heavy atom. The van der Waals surface area contributed by atoms with E-state index in [0.29, 0.717) is 0 Å². The van der Waals surface area contributed by atoms with E-state index >= 15 is 0 Å². The van der Waals surface area contributed by atoms with Crippen LogP contribution >= 0.6 is 15.9 Å². The molecule has 0 aromatic heterocycles. The summed E-state index contributed by atoms with van der Waals surface area (Å²) in [4.78, 5) is -0.0473. The Bertz CT molecular complexity index is 755. The highest BCUT2D eigenvalue weighted by atomic mass is 79.9. The molecule has 0 unspecified atom stereocenters. The molecular formula is C14H14BrFN2O2S. The quantitative estimate of drug-likeness (QED) is 0.810. The maximum Gasteiger partial charge on any atom is 0.240 e. The first-order valence-electron chi connectivity index (χ1n) is 6.09. The van der Waals surface area contributed by atoms with Crippen molar-refractivity contribution in [3.8, 4) is 0 Å². The zero-order valence-electron chi connectivity index (χ0n) is 11.2. The molecule has 0 bridgehead atoms. The van der Waals surface area contributed by atoms with Crippen molar-refractivity contribution in [1.82, 2.24) is 4.72 Å². The van der Waals surface area contributed by atoms with Gasteiger partial charge in [0.1, 0.15) is 5.82 Å². The highest BCUT2D eigenvalue weighted by molar-refractivity contribution is 9.10. The minimum absolute atomic E-state index is 0.0473. The molecule has 0 saturated carbocycles. The predicted octanol–water partition coefficient (Wildman–Crippen LogP) is 2.96. The van der Waals surface area contributed by atoms with Gasteiger partial charge in [-0.25, -0.2) is 17.5 Å². The van der Waals surface area contributed by atoms with Crippen molar-refractivity contribution in [2.24, 2.45) is 0 Å². The van der Waals surface area contributed by atoms with Gasteiger partial charge in [-0.05, 0) is 42.3 Å². The normalized spacial score (nSPS) is 11.6. The smallest absolute Gasteiger partial charge is 0.240 e. The number of hydrogen-bond acceptors (Lipinski definition) is 3. The van der Waals surface area contributed by atoms with Crippen LogP contribution in [0.25, 0.3) is 0 Å². The molecule has 0 aliphatic carbocycles. The second-order valence-corrected chi connectivity index (χ2v) is 7.28. The van der Waals surface area contributed by atoms with E-state index in [2.05, 4.69) is 20.7 Å². The van der Waals surface area contributed by atoms with Crippen molar-refractivity contribution in [1.29, 1.82) is 0 Å². The number of aryl methyl sites for hydroxylation is 1. The highest BCUT2D eigenvalue weighted by Gasteiger charge is 2.17. The summed E-state index contributed by atoms with van der Waals surface area (Å²) < 4.78 is 41.2. The fraction of sp³-hybridized carbons (Fsp3) is 0.143. The van der Waals surface area contributed by atoms with Crippen LogP contribution in [0.15, 0.2) is 45.8 Å². The van der Waals surface area contributed by atoms with Gasteiger partial charge in [-0.3, -0.25) is 0 Å². The molecule has 0 aliphatic rings. The Morgan fingerprint density at radius 1 is 1.29 bits per heavy atom. The maximum atomic E-state index is 13.4. The van der Waals surface area contributed by atoms with Gasteiger partial charge in [0.25, 0.3) is 0 Å². The van der Waals surface area contributed by atoms with E-state index < -0.39 is 15.8 Å². The van der Waals surface area contributed by atoms with E-state index in [-0.39, 0.29) is 22.7 Å². The lowest BCUT2D eigenvalue weighted by Crippen LogP contribution is -2.23. The third kappa shape index (κ3) is 3.81. The molecule has 0 radical (unpaired) electrons. The molecule has 0 amide bonds. The number of nitrogens with one attached hydrogen (secondary N) is 1. The fourth-order valence-electron chi connectivity index (χ4n) is 1.83. The average Bonchev–Trinajstić information content (AvgIpc) is 2.42. The van der Waals surface area contributed by atoms with Gasteiger partial charge in [0, 0.05) is 11.0 Å². The molecule has 0 aliphatic heterocycles. The van der Waals surface area contributed by atoms with Gasteiger partial charge in [-0.15, -0.1) is 0 Å². The van der Waals surface area contributed by atoms with Gasteiger partial charge < -0.3 is 5.73 Å². The topological polar surface area (TPSA) is 72.2 Å². The summed E-state index contributed by atoms with van der Waals surface area (Å²) in [5.74, 6) is -0.596. The van der Waals surface area contributed by atoms with Crippen LogP contribution < -0.4 is 10.5 Å². The molecule has 0 saturated heterocycles. The molecule has 112 valence electrons. The molecule has 0 heterocycles. The van der Waals surface area contributed by atoms with Crippen LogP contribution in [-0.2, 0) is 16.6 Å². The van der Waals surface area contributed by atoms with Crippen LogP contribution in [0.4, 0.5) is 10.1 Å². The minimum Gasteiger partial charge on any atom is -0.396 e. The fourth-order valence-corrected chi connectivity index (χ4v) is 3.41. The average molecular weight is 373 g/mol. The molecule has 0 spiro atoms. The molecular weight excluding hydrogens is 359 g/mol. The second kappa shape index (κ2) is 6.13. The molecule has 2 rings (SSSR count). The van der Waals surface area contributed by atoms with E-state index in [1.165, 1.54) is 13.0 Å². The second-order valence-electron chi connectivity index (χ2n) is 4.60. The third-order valence-corrected chi connectivity index (χ3v) is 4.80. The van der Waals surface area contributed by atoms with Crippen molar-refractivity contribution in [3.63, 3.8) is 0 Å². The Labute approximate surface area is 131 Å². The number of anilines is 1. The summed E-state index contributed by atoms with van der Waals surface area (Å²) in [6.07, 6.45) is 0. The molecule has 7 heteroatoms. The summed E-state index contributed by atoms with van der Waals surface area (Å²) in [7, 11) is -3.75. The molecule has 4 nitrogen and oxygen atoms in total. The van der Waals surface area contributed by atoms with Crippen LogP contribution in [0, 0.1) is 12.7 Å². The minimum atomic E-state index is -3.75. The number of nitrogens with two attached hydrogens (primary N) is 1. The highest BCUT2D eigenvalue weighted by Crippen LogP contribution is 2.21. The van der Waals surface area contributed by atoms with Crippen LogP contribution in [0.3, 0.4) is 0 Å². The summed E-state index contributed by atoms with van der Waals surface area (Å²) in [6.45, 7) is 1.61. The summed E-state index contributed by atoms with van der Waals surface area (Å²) in [5.41, 5.74) is 6.29. The molecule has 3 N–H and O–H groups in total.